The van der Waals surface area contributed by atoms with Crippen molar-refractivity contribution in [3.05, 3.63) is 29.8 Å². The molecule has 21 heavy (non-hydrogen) atoms. The van der Waals surface area contributed by atoms with Crippen LogP contribution in [0, 0.1) is 11.7 Å². The normalized spacial score (nSPS) is 18.3. The molecule has 1 aliphatic rings. The third-order valence-corrected chi connectivity index (χ3v) is 3.30. The predicted octanol–water partition coefficient (Wildman–Crippen LogP) is 3.13. The van der Waals surface area contributed by atoms with Gasteiger partial charge in [0.1, 0.15) is 11.4 Å². The maximum atomic E-state index is 13.6. The Balaban J connectivity index is 0.00000220. The van der Waals surface area contributed by atoms with Gasteiger partial charge in [0.15, 0.2) is 0 Å². The van der Waals surface area contributed by atoms with Crippen LogP contribution in [0.3, 0.4) is 0 Å². The Morgan fingerprint density at radius 1 is 1.52 bits per heavy atom. The van der Waals surface area contributed by atoms with Gasteiger partial charge in [-0.25, -0.2) is 9.18 Å². The number of ether oxygens (including phenoxy) is 1. The third-order valence-electron chi connectivity index (χ3n) is 3.30. The summed E-state index contributed by atoms with van der Waals surface area (Å²) in [5, 5.41) is 0. The van der Waals surface area contributed by atoms with Crippen molar-refractivity contribution in [2.75, 3.05) is 13.1 Å². The first-order valence-corrected chi connectivity index (χ1v) is 6.91. The van der Waals surface area contributed by atoms with Gasteiger partial charge in [-0.3, -0.25) is 4.98 Å². The van der Waals surface area contributed by atoms with E-state index in [1.165, 1.54) is 6.20 Å². The smallest absolute Gasteiger partial charge is 0.410 e. The van der Waals surface area contributed by atoms with Crippen molar-refractivity contribution in [1.82, 2.24) is 9.88 Å². The maximum absolute atomic E-state index is 13.6. The number of pyridine rings is 1. The van der Waals surface area contributed by atoms with Gasteiger partial charge < -0.3 is 9.64 Å². The number of carbonyl (C=O) groups excluding carboxylic acids is 1. The van der Waals surface area contributed by atoms with Crippen molar-refractivity contribution in [2.24, 2.45) is 5.92 Å². The Morgan fingerprint density at radius 3 is 2.86 bits per heavy atom. The van der Waals surface area contributed by atoms with Crippen molar-refractivity contribution >= 4 is 19.6 Å². The van der Waals surface area contributed by atoms with Crippen LogP contribution in [-0.4, -0.2) is 34.7 Å². The molecule has 0 aliphatic carbocycles. The van der Waals surface area contributed by atoms with E-state index >= 15 is 0 Å². The van der Waals surface area contributed by atoms with Crippen LogP contribution in [0.1, 0.15) is 32.8 Å². The van der Waals surface area contributed by atoms with Gasteiger partial charge in [-0.2, -0.15) is 13.5 Å². The molecular weight excluding hydrogens is 291 g/mol. The zero-order chi connectivity index (χ0) is 14.8. The Morgan fingerprint density at radius 2 is 2.24 bits per heavy atom. The van der Waals surface area contributed by atoms with Crippen LogP contribution < -0.4 is 0 Å². The summed E-state index contributed by atoms with van der Waals surface area (Å²) in [6.07, 6.45) is 4.05. The lowest BCUT2D eigenvalue weighted by atomic mass is 9.99. The molecule has 2 rings (SSSR count). The Kier molecular flexibility index (Phi) is 6.01. The molecule has 0 spiro atoms. The summed E-state index contributed by atoms with van der Waals surface area (Å²) >= 11 is 0. The zero-order valence-corrected chi connectivity index (χ0v) is 13.7. The molecule has 1 aliphatic heterocycles. The zero-order valence-electron chi connectivity index (χ0n) is 12.7. The molecule has 0 saturated carbocycles. The maximum Gasteiger partial charge on any atom is 0.410 e. The molecule has 0 N–H and O–H groups in total. The molecular formula is C15H23FN2O2S. The predicted molar refractivity (Wildman–Crippen MR) is 84.2 cm³/mol. The molecule has 0 unspecified atom stereocenters. The number of nitrogens with zero attached hydrogens (tertiary/aromatic N) is 2. The van der Waals surface area contributed by atoms with Gasteiger partial charge in [0.05, 0.1) is 6.20 Å². The van der Waals surface area contributed by atoms with Crippen LogP contribution in [0.5, 0.6) is 0 Å². The molecule has 6 heteroatoms. The summed E-state index contributed by atoms with van der Waals surface area (Å²) in [4.78, 5) is 17.4. The molecule has 0 aromatic carbocycles. The highest BCUT2D eigenvalue weighted by molar-refractivity contribution is 7.59. The van der Waals surface area contributed by atoms with E-state index in [0.717, 1.165) is 6.42 Å². The second-order valence-corrected chi connectivity index (χ2v) is 6.25. The summed E-state index contributed by atoms with van der Waals surface area (Å²) in [5.74, 6) is 0.00244. The summed E-state index contributed by atoms with van der Waals surface area (Å²) < 4.78 is 18.9. The quantitative estimate of drug-likeness (QED) is 0.842. The summed E-state index contributed by atoms with van der Waals surface area (Å²) in [6, 6.07) is 1.70. The van der Waals surface area contributed by atoms with Gasteiger partial charge in [0.25, 0.3) is 0 Å². The van der Waals surface area contributed by atoms with E-state index in [4.69, 9.17) is 4.74 Å². The fourth-order valence-corrected chi connectivity index (χ4v) is 2.37. The number of hydrogen-bond acceptors (Lipinski definition) is 3. The first-order chi connectivity index (χ1) is 9.35. The molecule has 1 aromatic heterocycles. The lowest BCUT2D eigenvalue weighted by Crippen LogP contribution is -2.35. The highest BCUT2D eigenvalue weighted by Crippen LogP contribution is 2.23. The number of carbonyl (C=O) groups is 1. The van der Waals surface area contributed by atoms with Crippen molar-refractivity contribution < 1.29 is 13.9 Å². The van der Waals surface area contributed by atoms with E-state index < -0.39 is 5.60 Å². The van der Waals surface area contributed by atoms with Crippen molar-refractivity contribution in [2.45, 2.75) is 39.2 Å². The van der Waals surface area contributed by atoms with Crippen LogP contribution in [0.25, 0.3) is 0 Å². The van der Waals surface area contributed by atoms with E-state index in [0.29, 0.717) is 25.1 Å². The fraction of sp³-hybridized carbons (Fsp3) is 0.600. The Hall–Kier alpha value is -1.30. The number of hydrogen-bond donors (Lipinski definition) is 0. The van der Waals surface area contributed by atoms with Gasteiger partial charge in [0.2, 0.25) is 0 Å². The molecule has 0 bridgehead atoms. The lowest BCUT2D eigenvalue weighted by molar-refractivity contribution is 0.0288. The Bertz CT molecular complexity index is 491. The number of amides is 1. The van der Waals surface area contributed by atoms with Gasteiger partial charge in [-0.1, -0.05) is 0 Å². The summed E-state index contributed by atoms with van der Waals surface area (Å²) in [7, 11) is 0. The van der Waals surface area contributed by atoms with Crippen LogP contribution in [0.15, 0.2) is 18.5 Å². The molecule has 1 fully saturated rings. The van der Waals surface area contributed by atoms with Crippen molar-refractivity contribution in [1.29, 1.82) is 0 Å². The van der Waals surface area contributed by atoms with Gasteiger partial charge >= 0.3 is 6.09 Å². The average molecular weight is 314 g/mol. The second-order valence-electron chi connectivity index (χ2n) is 6.25. The summed E-state index contributed by atoms with van der Waals surface area (Å²) in [5.41, 5.74) is 0.183. The van der Waals surface area contributed by atoms with Crippen molar-refractivity contribution in [3.63, 3.8) is 0 Å². The SMILES string of the molecule is CC(C)(C)OC(=O)N1CC[C@H](Cc2ccncc2F)C1.S. The standard InChI is InChI=1S/C15H21FN2O2.H2S/c1-15(2,3)20-14(19)18-7-5-11(10-18)8-12-4-6-17-9-13(12)16;/h4,6,9,11H,5,7-8,10H2,1-3H3;1H2/t11-;/m1./s1. The Labute approximate surface area is 132 Å². The number of rotatable bonds is 2. The second kappa shape index (κ2) is 7.11. The minimum absolute atomic E-state index is 0. The highest BCUT2D eigenvalue weighted by atomic mass is 32.1. The molecule has 1 atom stereocenters. The third kappa shape index (κ3) is 5.19. The largest absolute Gasteiger partial charge is 0.444 e. The van der Waals surface area contributed by atoms with Gasteiger partial charge in [-0.05, 0) is 51.2 Å². The topological polar surface area (TPSA) is 42.4 Å². The van der Waals surface area contributed by atoms with Crippen LogP contribution in [0.2, 0.25) is 0 Å². The molecule has 118 valence electrons. The number of aromatic nitrogens is 1. The van der Waals surface area contributed by atoms with Crippen LogP contribution >= 0.6 is 13.5 Å². The highest BCUT2D eigenvalue weighted by Gasteiger charge is 2.30. The molecule has 1 amide bonds. The minimum atomic E-state index is -0.480. The van der Waals surface area contributed by atoms with Crippen molar-refractivity contribution in [3.8, 4) is 0 Å². The van der Waals surface area contributed by atoms with Crippen LogP contribution in [0.4, 0.5) is 9.18 Å². The first-order valence-electron chi connectivity index (χ1n) is 6.91. The van der Waals surface area contributed by atoms with E-state index in [1.54, 1.807) is 17.2 Å². The fourth-order valence-electron chi connectivity index (χ4n) is 2.37. The van der Waals surface area contributed by atoms with E-state index in [2.05, 4.69) is 4.98 Å². The molecule has 2 heterocycles. The molecule has 1 saturated heterocycles. The van der Waals surface area contributed by atoms with E-state index in [-0.39, 0.29) is 31.3 Å². The first kappa shape index (κ1) is 17.8. The van der Waals surface area contributed by atoms with E-state index in [1.807, 2.05) is 20.8 Å². The molecule has 1 aromatic rings. The number of likely N-dealkylation sites (tertiary alicyclic amines) is 1. The van der Waals surface area contributed by atoms with Crippen LogP contribution in [-0.2, 0) is 11.2 Å². The summed E-state index contributed by atoms with van der Waals surface area (Å²) in [6.45, 7) is 6.85. The lowest BCUT2D eigenvalue weighted by Gasteiger charge is -2.24. The monoisotopic (exact) mass is 314 g/mol. The number of halogens is 1. The van der Waals surface area contributed by atoms with E-state index in [9.17, 15) is 9.18 Å². The average Bonchev–Trinajstić information content (AvgIpc) is 2.79. The molecule has 0 radical (unpaired) electrons. The minimum Gasteiger partial charge on any atom is -0.444 e. The molecule has 4 nitrogen and oxygen atoms in total. The van der Waals surface area contributed by atoms with Gasteiger partial charge in [0, 0.05) is 19.3 Å². The van der Waals surface area contributed by atoms with Gasteiger partial charge in [-0.15, -0.1) is 0 Å².